The third kappa shape index (κ3) is 4.04. The van der Waals surface area contributed by atoms with E-state index >= 15 is 0 Å². The number of aromatic nitrogens is 2. The molecule has 0 aliphatic carbocycles. The number of nitrogens with one attached hydrogen (secondary N) is 1. The summed E-state index contributed by atoms with van der Waals surface area (Å²) in [5.41, 5.74) is 2.81. The second-order valence-electron chi connectivity index (χ2n) is 5.81. The Morgan fingerprint density at radius 2 is 1.80 bits per heavy atom. The molecule has 0 spiro atoms. The highest BCUT2D eigenvalue weighted by molar-refractivity contribution is 5.79. The smallest absolute Gasteiger partial charge is 0.224 e. The van der Waals surface area contributed by atoms with Gasteiger partial charge in [0.25, 0.3) is 0 Å². The molecule has 0 saturated carbocycles. The van der Waals surface area contributed by atoms with Crippen molar-refractivity contribution in [2.45, 2.75) is 26.3 Å². The van der Waals surface area contributed by atoms with Crippen LogP contribution in [0.5, 0.6) is 17.2 Å². The standard InChI is InChI=1S/C18H25N3O4/c1-11(14-10-19-21(3)12(14)2)20-17(22)9-13-7-15(23-4)18(25-6)16(8-13)24-5/h7-8,10-11H,9H2,1-6H3,(H,20,22)/t11-/m0/s1. The molecule has 2 rings (SSSR count). The molecule has 1 N–H and O–H groups in total. The number of rotatable bonds is 7. The van der Waals surface area contributed by atoms with Gasteiger partial charge in [-0.2, -0.15) is 5.10 Å². The average Bonchev–Trinajstić information content (AvgIpc) is 2.92. The topological polar surface area (TPSA) is 74.6 Å². The minimum atomic E-state index is -0.122. The molecule has 1 atom stereocenters. The van der Waals surface area contributed by atoms with Gasteiger partial charge in [-0.25, -0.2) is 0 Å². The first-order chi connectivity index (χ1) is 11.9. The summed E-state index contributed by atoms with van der Waals surface area (Å²) in [6.45, 7) is 3.92. The van der Waals surface area contributed by atoms with E-state index in [4.69, 9.17) is 14.2 Å². The van der Waals surface area contributed by atoms with Crippen LogP contribution < -0.4 is 19.5 Å². The maximum Gasteiger partial charge on any atom is 0.224 e. The first-order valence-corrected chi connectivity index (χ1v) is 7.98. The zero-order valence-corrected chi connectivity index (χ0v) is 15.5. The summed E-state index contributed by atoms with van der Waals surface area (Å²) in [5, 5.41) is 7.21. The van der Waals surface area contributed by atoms with Crippen LogP contribution in [0.1, 0.15) is 29.8 Å². The van der Waals surface area contributed by atoms with Gasteiger partial charge < -0.3 is 19.5 Å². The summed E-state index contributed by atoms with van der Waals surface area (Å²) < 4.78 is 17.7. The lowest BCUT2D eigenvalue weighted by Gasteiger charge is -2.16. The molecule has 7 heteroatoms. The molecule has 1 heterocycles. The molecule has 0 bridgehead atoms. The highest BCUT2D eigenvalue weighted by atomic mass is 16.5. The summed E-state index contributed by atoms with van der Waals surface area (Å²) in [6.07, 6.45) is 1.99. The monoisotopic (exact) mass is 347 g/mol. The Labute approximate surface area is 147 Å². The average molecular weight is 347 g/mol. The Kier molecular flexibility index (Phi) is 5.90. The van der Waals surface area contributed by atoms with Gasteiger partial charge in [0, 0.05) is 18.3 Å². The Balaban J connectivity index is 2.13. The molecule has 25 heavy (non-hydrogen) atoms. The number of benzene rings is 1. The number of hydrogen-bond donors (Lipinski definition) is 1. The van der Waals surface area contributed by atoms with E-state index in [1.165, 1.54) is 0 Å². The van der Waals surface area contributed by atoms with Crippen LogP contribution in [0.3, 0.4) is 0 Å². The Morgan fingerprint density at radius 3 is 2.24 bits per heavy atom. The summed E-state index contributed by atoms with van der Waals surface area (Å²) in [5.74, 6) is 1.47. The minimum absolute atomic E-state index is 0.0926. The zero-order valence-electron chi connectivity index (χ0n) is 15.5. The summed E-state index contributed by atoms with van der Waals surface area (Å²) >= 11 is 0. The summed E-state index contributed by atoms with van der Waals surface area (Å²) in [4.78, 5) is 12.4. The molecule has 0 saturated heterocycles. The van der Waals surface area contributed by atoms with E-state index in [1.54, 1.807) is 44.3 Å². The maximum absolute atomic E-state index is 12.4. The molecule has 0 fully saturated rings. The normalized spacial score (nSPS) is 11.8. The van der Waals surface area contributed by atoms with Crippen LogP contribution in [0, 0.1) is 6.92 Å². The van der Waals surface area contributed by atoms with E-state index in [2.05, 4.69) is 10.4 Å². The van der Waals surface area contributed by atoms with Gasteiger partial charge in [-0.05, 0) is 31.5 Å². The predicted molar refractivity (Wildman–Crippen MR) is 94.3 cm³/mol. The second kappa shape index (κ2) is 7.92. The van der Waals surface area contributed by atoms with Crippen LogP contribution >= 0.6 is 0 Å². The first-order valence-electron chi connectivity index (χ1n) is 7.98. The molecule has 136 valence electrons. The number of carbonyl (C=O) groups is 1. The number of amides is 1. The zero-order chi connectivity index (χ0) is 18.6. The van der Waals surface area contributed by atoms with E-state index in [1.807, 2.05) is 20.9 Å². The van der Waals surface area contributed by atoms with Crippen molar-refractivity contribution in [3.05, 3.63) is 35.2 Å². The van der Waals surface area contributed by atoms with E-state index in [9.17, 15) is 4.79 Å². The predicted octanol–water partition coefficient (Wildman–Crippen LogP) is 2.17. The van der Waals surface area contributed by atoms with Crippen molar-refractivity contribution in [3.63, 3.8) is 0 Å². The molecule has 2 aromatic rings. The number of methoxy groups -OCH3 is 3. The Hall–Kier alpha value is -2.70. The largest absolute Gasteiger partial charge is 0.493 e. The number of ether oxygens (including phenoxy) is 3. The van der Waals surface area contributed by atoms with Gasteiger partial charge in [-0.3, -0.25) is 9.48 Å². The van der Waals surface area contributed by atoms with E-state index in [0.717, 1.165) is 16.8 Å². The highest BCUT2D eigenvalue weighted by Crippen LogP contribution is 2.38. The van der Waals surface area contributed by atoms with Crippen LogP contribution in [0.2, 0.25) is 0 Å². The van der Waals surface area contributed by atoms with Crippen LogP contribution in [-0.4, -0.2) is 37.0 Å². The van der Waals surface area contributed by atoms with E-state index in [-0.39, 0.29) is 18.4 Å². The van der Waals surface area contributed by atoms with E-state index in [0.29, 0.717) is 17.2 Å². The Morgan fingerprint density at radius 1 is 1.20 bits per heavy atom. The van der Waals surface area contributed by atoms with Gasteiger partial charge in [0.1, 0.15) is 0 Å². The van der Waals surface area contributed by atoms with Gasteiger partial charge in [-0.1, -0.05) is 0 Å². The highest BCUT2D eigenvalue weighted by Gasteiger charge is 2.17. The minimum Gasteiger partial charge on any atom is -0.493 e. The molecule has 0 unspecified atom stereocenters. The number of aryl methyl sites for hydroxylation is 1. The number of nitrogens with zero attached hydrogens (tertiary/aromatic N) is 2. The van der Waals surface area contributed by atoms with Gasteiger partial charge in [-0.15, -0.1) is 0 Å². The fraction of sp³-hybridized carbons (Fsp3) is 0.444. The summed E-state index contributed by atoms with van der Waals surface area (Å²) in [7, 11) is 6.52. The van der Waals surface area contributed by atoms with Crippen LogP contribution in [-0.2, 0) is 18.3 Å². The van der Waals surface area contributed by atoms with E-state index < -0.39 is 0 Å². The lowest BCUT2D eigenvalue weighted by Crippen LogP contribution is -2.28. The molecule has 7 nitrogen and oxygen atoms in total. The fourth-order valence-electron chi connectivity index (χ4n) is 2.73. The lowest BCUT2D eigenvalue weighted by molar-refractivity contribution is -0.121. The maximum atomic E-state index is 12.4. The Bertz CT molecular complexity index is 730. The van der Waals surface area contributed by atoms with Gasteiger partial charge in [0.2, 0.25) is 11.7 Å². The second-order valence-corrected chi connectivity index (χ2v) is 5.81. The van der Waals surface area contributed by atoms with Gasteiger partial charge in [0.05, 0.1) is 40.0 Å². The van der Waals surface area contributed by atoms with Crippen molar-refractivity contribution >= 4 is 5.91 Å². The van der Waals surface area contributed by atoms with Crippen molar-refractivity contribution in [3.8, 4) is 17.2 Å². The molecule has 1 aromatic carbocycles. The molecule has 0 radical (unpaired) electrons. The number of carbonyl (C=O) groups excluding carboxylic acids is 1. The van der Waals surface area contributed by atoms with Crippen LogP contribution in [0.15, 0.2) is 18.3 Å². The van der Waals surface area contributed by atoms with Crippen LogP contribution in [0.4, 0.5) is 0 Å². The molecular weight excluding hydrogens is 322 g/mol. The number of hydrogen-bond acceptors (Lipinski definition) is 5. The van der Waals surface area contributed by atoms with Crippen molar-refractivity contribution in [1.82, 2.24) is 15.1 Å². The molecule has 0 aliphatic rings. The summed E-state index contributed by atoms with van der Waals surface area (Å²) in [6, 6.07) is 3.44. The lowest BCUT2D eigenvalue weighted by atomic mass is 10.1. The van der Waals surface area contributed by atoms with Crippen molar-refractivity contribution in [2.75, 3.05) is 21.3 Å². The fourth-order valence-corrected chi connectivity index (χ4v) is 2.73. The van der Waals surface area contributed by atoms with Gasteiger partial charge in [0.15, 0.2) is 11.5 Å². The third-order valence-corrected chi connectivity index (χ3v) is 4.21. The molecule has 0 aliphatic heterocycles. The third-order valence-electron chi connectivity index (χ3n) is 4.21. The van der Waals surface area contributed by atoms with Crippen LogP contribution in [0.25, 0.3) is 0 Å². The van der Waals surface area contributed by atoms with Gasteiger partial charge >= 0.3 is 0 Å². The SMILES string of the molecule is COc1cc(CC(=O)N[C@@H](C)c2cnn(C)c2C)cc(OC)c1OC. The van der Waals surface area contributed by atoms with Crippen molar-refractivity contribution in [1.29, 1.82) is 0 Å². The van der Waals surface area contributed by atoms with Crippen molar-refractivity contribution < 1.29 is 19.0 Å². The molecular formula is C18H25N3O4. The quantitative estimate of drug-likeness (QED) is 0.831. The molecule has 1 amide bonds. The first kappa shape index (κ1) is 18.6. The van der Waals surface area contributed by atoms with Crippen molar-refractivity contribution in [2.24, 2.45) is 7.05 Å². The molecule has 1 aromatic heterocycles.